The van der Waals surface area contributed by atoms with E-state index >= 15 is 0 Å². The average Bonchev–Trinajstić information content (AvgIpc) is 2.41. The number of nitriles is 1. The van der Waals surface area contributed by atoms with Crippen molar-refractivity contribution in [2.24, 2.45) is 4.99 Å². The molecular weight excluding hydrogens is 267 g/mol. The van der Waals surface area contributed by atoms with Crippen molar-refractivity contribution in [2.45, 2.75) is 0 Å². The molecule has 4 heteroatoms. The molecular formula is C14H8Cl2N2. The zero-order chi connectivity index (χ0) is 13.0. The van der Waals surface area contributed by atoms with E-state index in [9.17, 15) is 0 Å². The monoisotopic (exact) mass is 274 g/mol. The lowest BCUT2D eigenvalue weighted by molar-refractivity contribution is 1.46. The van der Waals surface area contributed by atoms with Crippen molar-refractivity contribution in [1.29, 1.82) is 5.26 Å². The van der Waals surface area contributed by atoms with Crippen LogP contribution < -0.4 is 0 Å². The van der Waals surface area contributed by atoms with Gasteiger partial charge in [-0.15, -0.1) is 0 Å². The molecule has 0 saturated carbocycles. The first-order chi connectivity index (χ1) is 8.69. The maximum Gasteiger partial charge on any atom is 0.0991 e. The van der Waals surface area contributed by atoms with Crippen molar-refractivity contribution in [2.75, 3.05) is 0 Å². The second-order valence-corrected chi connectivity index (χ2v) is 4.40. The molecule has 0 N–H and O–H groups in total. The van der Waals surface area contributed by atoms with E-state index in [2.05, 4.69) is 11.1 Å². The molecule has 0 bridgehead atoms. The minimum Gasteiger partial charge on any atom is -0.256 e. The third-order valence-electron chi connectivity index (χ3n) is 2.30. The number of halogens is 2. The Morgan fingerprint density at radius 2 is 1.72 bits per heavy atom. The van der Waals surface area contributed by atoms with Gasteiger partial charge in [0.25, 0.3) is 0 Å². The molecule has 0 spiro atoms. The molecule has 2 nitrogen and oxygen atoms in total. The van der Waals surface area contributed by atoms with Crippen LogP contribution in [0.1, 0.15) is 11.1 Å². The van der Waals surface area contributed by atoms with E-state index in [0.29, 0.717) is 15.6 Å². The Morgan fingerprint density at radius 1 is 1.00 bits per heavy atom. The summed E-state index contributed by atoms with van der Waals surface area (Å²) in [5, 5.41) is 9.70. The summed E-state index contributed by atoms with van der Waals surface area (Å²) in [6.07, 6.45) is 1.70. The van der Waals surface area contributed by atoms with Crippen LogP contribution in [0.2, 0.25) is 10.0 Å². The van der Waals surface area contributed by atoms with Gasteiger partial charge in [-0.05, 0) is 42.0 Å². The summed E-state index contributed by atoms with van der Waals surface area (Å²) in [7, 11) is 0. The Bertz CT molecular complexity index is 625. The first-order valence-electron chi connectivity index (χ1n) is 5.18. The highest BCUT2D eigenvalue weighted by molar-refractivity contribution is 6.42. The third-order valence-corrected chi connectivity index (χ3v) is 3.04. The van der Waals surface area contributed by atoms with E-state index in [1.807, 2.05) is 6.07 Å². The van der Waals surface area contributed by atoms with Gasteiger partial charge in [-0.2, -0.15) is 5.26 Å². The predicted molar refractivity (Wildman–Crippen MR) is 74.9 cm³/mol. The zero-order valence-electron chi connectivity index (χ0n) is 9.27. The summed E-state index contributed by atoms with van der Waals surface area (Å²) in [6, 6.07) is 14.4. The Hall–Kier alpha value is -1.82. The molecule has 0 aliphatic carbocycles. The summed E-state index contributed by atoms with van der Waals surface area (Å²) in [4.78, 5) is 4.29. The van der Waals surface area contributed by atoms with Gasteiger partial charge >= 0.3 is 0 Å². The molecule has 0 fully saturated rings. The number of hydrogen-bond donors (Lipinski definition) is 0. The van der Waals surface area contributed by atoms with Crippen molar-refractivity contribution in [1.82, 2.24) is 0 Å². The lowest BCUT2D eigenvalue weighted by Gasteiger charge is -1.97. The molecule has 2 aromatic carbocycles. The van der Waals surface area contributed by atoms with Gasteiger partial charge in [-0.3, -0.25) is 4.99 Å². The summed E-state index contributed by atoms with van der Waals surface area (Å²) in [6.45, 7) is 0. The van der Waals surface area contributed by atoms with Crippen molar-refractivity contribution >= 4 is 35.1 Å². The Labute approximate surface area is 115 Å². The molecule has 0 unspecified atom stereocenters. The first-order valence-corrected chi connectivity index (χ1v) is 5.94. The maximum absolute atomic E-state index is 8.68. The number of hydrogen-bond acceptors (Lipinski definition) is 2. The van der Waals surface area contributed by atoms with E-state index < -0.39 is 0 Å². The second-order valence-electron chi connectivity index (χ2n) is 3.59. The van der Waals surface area contributed by atoms with Crippen LogP contribution in [0.25, 0.3) is 0 Å². The molecule has 18 heavy (non-hydrogen) atoms. The highest BCUT2D eigenvalue weighted by atomic mass is 35.5. The Morgan fingerprint density at radius 3 is 2.33 bits per heavy atom. The van der Waals surface area contributed by atoms with Crippen molar-refractivity contribution in [3.8, 4) is 6.07 Å². The summed E-state index contributed by atoms with van der Waals surface area (Å²) in [5.41, 5.74) is 2.26. The summed E-state index contributed by atoms with van der Waals surface area (Å²) in [5.74, 6) is 0. The van der Waals surface area contributed by atoms with E-state index in [1.165, 1.54) is 0 Å². The number of nitrogens with zero attached hydrogens (tertiary/aromatic N) is 2. The minimum atomic E-state index is 0.500. The highest BCUT2D eigenvalue weighted by Gasteiger charge is 1.97. The zero-order valence-corrected chi connectivity index (χ0v) is 10.8. The molecule has 0 aliphatic heterocycles. The lowest BCUT2D eigenvalue weighted by atomic mass is 10.2. The molecule has 0 saturated heterocycles. The fraction of sp³-hybridized carbons (Fsp3) is 0. The first kappa shape index (κ1) is 12.6. The number of rotatable bonds is 2. The van der Waals surface area contributed by atoms with E-state index in [0.717, 1.165) is 11.3 Å². The fourth-order valence-electron chi connectivity index (χ4n) is 1.36. The van der Waals surface area contributed by atoms with Crippen LogP contribution in [0, 0.1) is 11.3 Å². The SMILES string of the molecule is N#Cc1ccc(N=Cc2ccc(Cl)c(Cl)c2)cc1. The summed E-state index contributed by atoms with van der Waals surface area (Å²) < 4.78 is 0. The normalized spacial score (nSPS) is 10.5. The Balaban J connectivity index is 2.19. The maximum atomic E-state index is 8.68. The largest absolute Gasteiger partial charge is 0.256 e. The molecule has 2 aromatic rings. The molecule has 0 atom stereocenters. The number of aliphatic imine (C=N–C) groups is 1. The second kappa shape index (κ2) is 5.68. The fourth-order valence-corrected chi connectivity index (χ4v) is 1.67. The molecule has 0 aliphatic rings. The van der Waals surface area contributed by atoms with Crippen molar-refractivity contribution < 1.29 is 0 Å². The molecule has 2 rings (SSSR count). The minimum absolute atomic E-state index is 0.500. The van der Waals surface area contributed by atoms with Crippen LogP contribution in [0.3, 0.4) is 0 Å². The molecule has 88 valence electrons. The van der Waals surface area contributed by atoms with Crippen molar-refractivity contribution in [3.63, 3.8) is 0 Å². The molecule has 0 radical (unpaired) electrons. The summed E-state index contributed by atoms with van der Waals surface area (Å²) >= 11 is 11.7. The van der Waals surface area contributed by atoms with E-state index in [1.54, 1.807) is 42.6 Å². The van der Waals surface area contributed by atoms with Crippen LogP contribution in [-0.4, -0.2) is 6.21 Å². The smallest absolute Gasteiger partial charge is 0.0991 e. The third kappa shape index (κ3) is 3.10. The van der Waals surface area contributed by atoms with Crippen LogP contribution in [0.15, 0.2) is 47.5 Å². The lowest BCUT2D eigenvalue weighted by Crippen LogP contribution is -1.81. The van der Waals surface area contributed by atoms with Crippen LogP contribution in [0.5, 0.6) is 0 Å². The standard InChI is InChI=1S/C14H8Cl2N2/c15-13-6-3-11(7-14(13)16)9-18-12-4-1-10(8-17)2-5-12/h1-7,9H. The molecule has 0 heterocycles. The highest BCUT2D eigenvalue weighted by Crippen LogP contribution is 2.22. The van der Waals surface area contributed by atoms with Gasteiger partial charge in [0.1, 0.15) is 0 Å². The van der Waals surface area contributed by atoms with Crippen LogP contribution in [0.4, 0.5) is 5.69 Å². The van der Waals surface area contributed by atoms with E-state index in [-0.39, 0.29) is 0 Å². The molecule has 0 aromatic heterocycles. The van der Waals surface area contributed by atoms with Crippen LogP contribution >= 0.6 is 23.2 Å². The van der Waals surface area contributed by atoms with Gasteiger partial charge in [0.15, 0.2) is 0 Å². The van der Waals surface area contributed by atoms with Gasteiger partial charge < -0.3 is 0 Å². The average molecular weight is 275 g/mol. The van der Waals surface area contributed by atoms with Gasteiger partial charge in [-0.1, -0.05) is 29.3 Å². The van der Waals surface area contributed by atoms with Crippen molar-refractivity contribution in [3.05, 3.63) is 63.6 Å². The number of benzene rings is 2. The van der Waals surface area contributed by atoms with E-state index in [4.69, 9.17) is 28.5 Å². The topological polar surface area (TPSA) is 36.1 Å². The van der Waals surface area contributed by atoms with Gasteiger partial charge in [0.2, 0.25) is 0 Å². The Kier molecular flexibility index (Phi) is 3.99. The molecule has 0 amide bonds. The van der Waals surface area contributed by atoms with Gasteiger partial charge in [0, 0.05) is 6.21 Å². The van der Waals surface area contributed by atoms with Gasteiger partial charge in [0.05, 0.1) is 27.4 Å². The van der Waals surface area contributed by atoms with Crippen LogP contribution in [-0.2, 0) is 0 Å². The predicted octanol–water partition coefficient (Wildman–Crippen LogP) is 4.62. The quantitative estimate of drug-likeness (QED) is 0.737. The van der Waals surface area contributed by atoms with Gasteiger partial charge in [-0.25, -0.2) is 0 Å².